The number of nitrogens with one attached hydrogen (secondary N) is 1. The van der Waals surface area contributed by atoms with Crippen molar-refractivity contribution in [1.29, 1.82) is 0 Å². The van der Waals surface area contributed by atoms with Gasteiger partial charge >= 0.3 is 10.3 Å². The molecule has 2 N–H and O–H groups in total. The van der Waals surface area contributed by atoms with Crippen LogP contribution in [0.1, 0.15) is 35.1 Å². The molecule has 0 heterocycles. The molecule has 32 heavy (non-hydrogen) atoms. The highest BCUT2D eigenvalue weighted by atomic mass is 32.2. The topological polar surface area (TPSA) is 75.6 Å². The van der Waals surface area contributed by atoms with E-state index < -0.39 is 10.3 Å². The van der Waals surface area contributed by atoms with Crippen LogP contribution in [0.2, 0.25) is 0 Å². The number of ether oxygens (including phenoxy) is 1. The first-order valence-corrected chi connectivity index (χ1v) is 11.7. The molecule has 0 fully saturated rings. The van der Waals surface area contributed by atoms with Gasteiger partial charge < -0.3 is 4.74 Å². The van der Waals surface area contributed by atoms with Gasteiger partial charge in [0.25, 0.3) is 0 Å². The zero-order chi connectivity index (χ0) is 23.1. The highest BCUT2D eigenvalue weighted by Gasteiger charge is 2.13. The Kier molecular flexibility index (Phi) is 7.70. The highest BCUT2D eigenvalue weighted by molar-refractivity contribution is 7.83. The minimum Gasteiger partial charge on any atom is -0.489 e. The Labute approximate surface area is 190 Å². The van der Waals surface area contributed by atoms with Crippen molar-refractivity contribution in [3.63, 3.8) is 0 Å². The molecule has 0 aliphatic rings. The molecule has 166 valence electrons. The van der Waals surface area contributed by atoms with Crippen LogP contribution in [0, 0.1) is 25.7 Å². The first-order valence-electron chi connectivity index (χ1n) is 10.3. The molecule has 0 aliphatic heterocycles. The van der Waals surface area contributed by atoms with E-state index in [4.69, 9.17) is 9.29 Å². The normalized spacial score (nSPS) is 12.0. The van der Waals surface area contributed by atoms with Crippen molar-refractivity contribution < 1.29 is 17.7 Å². The van der Waals surface area contributed by atoms with Gasteiger partial charge in [-0.1, -0.05) is 54.5 Å². The fourth-order valence-corrected chi connectivity index (χ4v) is 4.04. The van der Waals surface area contributed by atoms with E-state index in [1.54, 1.807) is 6.92 Å². The minimum absolute atomic E-state index is 0.00894. The minimum atomic E-state index is -4.26. The van der Waals surface area contributed by atoms with E-state index in [2.05, 4.69) is 60.7 Å². The van der Waals surface area contributed by atoms with E-state index in [1.807, 2.05) is 36.4 Å². The molecule has 0 bridgehead atoms. The summed E-state index contributed by atoms with van der Waals surface area (Å²) < 4.78 is 38.9. The van der Waals surface area contributed by atoms with Gasteiger partial charge in [0.2, 0.25) is 0 Å². The summed E-state index contributed by atoms with van der Waals surface area (Å²) in [5.74, 6) is 6.08. The number of hydrogen-bond acceptors (Lipinski definition) is 3. The van der Waals surface area contributed by atoms with Gasteiger partial charge in [-0.3, -0.25) is 4.55 Å². The molecule has 0 saturated carbocycles. The van der Waals surface area contributed by atoms with Crippen molar-refractivity contribution in [3.05, 3.63) is 89.0 Å². The predicted molar refractivity (Wildman–Crippen MR) is 128 cm³/mol. The lowest BCUT2D eigenvalue weighted by atomic mass is 9.95. The second-order valence-corrected chi connectivity index (χ2v) is 8.83. The fraction of sp³-hybridized carbons (Fsp3) is 0.231. The molecule has 3 rings (SSSR count). The molecule has 0 spiro atoms. The van der Waals surface area contributed by atoms with Crippen molar-refractivity contribution in [2.24, 2.45) is 0 Å². The maximum Gasteiger partial charge on any atom is 0.333 e. The van der Waals surface area contributed by atoms with Crippen LogP contribution in [-0.2, 0) is 16.9 Å². The number of benzene rings is 3. The quantitative estimate of drug-likeness (QED) is 0.373. The number of aryl methyl sites for hydroxylation is 2. The van der Waals surface area contributed by atoms with Gasteiger partial charge in [-0.25, -0.2) is 0 Å². The summed E-state index contributed by atoms with van der Waals surface area (Å²) >= 11 is 0. The Morgan fingerprint density at radius 1 is 1.00 bits per heavy atom. The summed E-state index contributed by atoms with van der Waals surface area (Å²) in [4.78, 5) is 0. The molecule has 0 aromatic heterocycles. The van der Waals surface area contributed by atoms with Crippen LogP contribution in [0.25, 0.3) is 11.1 Å². The highest BCUT2D eigenvalue weighted by Crippen LogP contribution is 2.28. The van der Waals surface area contributed by atoms with Gasteiger partial charge in [0.05, 0.1) is 5.92 Å². The van der Waals surface area contributed by atoms with Crippen LogP contribution in [-0.4, -0.2) is 19.5 Å². The van der Waals surface area contributed by atoms with E-state index in [1.165, 1.54) is 22.3 Å². The first-order chi connectivity index (χ1) is 15.3. The average molecular weight is 450 g/mol. The monoisotopic (exact) mass is 449 g/mol. The van der Waals surface area contributed by atoms with Crippen LogP contribution in [0.3, 0.4) is 0 Å². The van der Waals surface area contributed by atoms with Gasteiger partial charge in [-0.2, -0.15) is 13.1 Å². The van der Waals surface area contributed by atoms with Crippen LogP contribution in [0.5, 0.6) is 5.75 Å². The molecule has 6 heteroatoms. The molecule has 0 amide bonds. The predicted octanol–water partition coefficient (Wildman–Crippen LogP) is 5.05. The van der Waals surface area contributed by atoms with Crippen LogP contribution >= 0.6 is 0 Å². The zero-order valence-corrected chi connectivity index (χ0v) is 19.2. The van der Waals surface area contributed by atoms with Gasteiger partial charge in [0.15, 0.2) is 0 Å². The van der Waals surface area contributed by atoms with Gasteiger partial charge in [-0.15, -0.1) is 5.92 Å². The summed E-state index contributed by atoms with van der Waals surface area (Å²) in [5, 5.41) is 0. The van der Waals surface area contributed by atoms with E-state index >= 15 is 0 Å². The van der Waals surface area contributed by atoms with E-state index in [9.17, 15) is 8.42 Å². The van der Waals surface area contributed by atoms with E-state index in [-0.39, 0.29) is 12.5 Å². The standard InChI is InChI=1S/C26H27NO4S/c1-4-7-24(17-27-32(28,29)30)22-12-14-25(15-13-22)31-18-21-10-6-11-23(16-21)26-19(2)8-5-9-20(26)3/h5-6,8-16,24,27H,17-18H2,1-3H3,(H,28,29,30). The summed E-state index contributed by atoms with van der Waals surface area (Å²) in [6, 6.07) is 22.0. The fourth-order valence-electron chi connectivity index (χ4n) is 3.66. The van der Waals surface area contributed by atoms with Gasteiger partial charge in [-0.05, 0) is 72.4 Å². The molecule has 0 aliphatic carbocycles. The smallest absolute Gasteiger partial charge is 0.333 e. The lowest BCUT2D eigenvalue weighted by molar-refractivity contribution is 0.306. The maximum absolute atomic E-state index is 11.0. The number of rotatable bonds is 8. The summed E-state index contributed by atoms with van der Waals surface area (Å²) in [6.07, 6.45) is 0. The molecular weight excluding hydrogens is 422 g/mol. The van der Waals surface area contributed by atoms with Crippen molar-refractivity contribution in [1.82, 2.24) is 4.72 Å². The third-order valence-electron chi connectivity index (χ3n) is 5.17. The molecule has 1 atom stereocenters. The third-order valence-corrected chi connectivity index (χ3v) is 5.70. The SMILES string of the molecule is CC#CC(CNS(=O)(=O)O)c1ccc(OCc2cccc(-c3c(C)cccc3C)c2)cc1. The Balaban J connectivity index is 1.69. The molecule has 3 aromatic rings. The van der Waals surface area contributed by atoms with E-state index in [0.717, 1.165) is 11.1 Å². The molecular formula is C26H27NO4S. The van der Waals surface area contributed by atoms with Crippen LogP contribution in [0.4, 0.5) is 0 Å². The largest absolute Gasteiger partial charge is 0.489 e. The average Bonchev–Trinajstić information content (AvgIpc) is 2.75. The van der Waals surface area contributed by atoms with Crippen molar-refractivity contribution in [2.75, 3.05) is 6.54 Å². The Bertz CT molecular complexity index is 1220. The lowest BCUT2D eigenvalue weighted by Crippen LogP contribution is -2.27. The summed E-state index contributed by atoms with van der Waals surface area (Å²) in [5.41, 5.74) is 6.81. The van der Waals surface area contributed by atoms with Crippen molar-refractivity contribution in [3.8, 4) is 28.7 Å². The third kappa shape index (κ3) is 6.44. The Morgan fingerprint density at radius 3 is 2.28 bits per heavy atom. The van der Waals surface area contributed by atoms with E-state index in [0.29, 0.717) is 12.4 Å². The summed E-state index contributed by atoms with van der Waals surface area (Å²) in [6.45, 7) is 6.35. The van der Waals surface area contributed by atoms with Gasteiger partial charge in [0.1, 0.15) is 12.4 Å². The van der Waals surface area contributed by atoms with Crippen LogP contribution in [0.15, 0.2) is 66.7 Å². The van der Waals surface area contributed by atoms with Gasteiger partial charge in [0, 0.05) is 6.54 Å². The Hall–Kier alpha value is -3.11. The van der Waals surface area contributed by atoms with Crippen molar-refractivity contribution >= 4 is 10.3 Å². The molecule has 0 radical (unpaired) electrons. The van der Waals surface area contributed by atoms with Crippen LogP contribution < -0.4 is 9.46 Å². The lowest BCUT2D eigenvalue weighted by Gasteiger charge is -2.13. The molecule has 3 aromatic carbocycles. The molecule has 0 saturated heterocycles. The Morgan fingerprint density at radius 2 is 1.66 bits per heavy atom. The number of hydrogen-bond donors (Lipinski definition) is 2. The maximum atomic E-state index is 11.0. The second kappa shape index (κ2) is 10.5. The molecule has 5 nitrogen and oxygen atoms in total. The van der Waals surface area contributed by atoms with Crippen molar-refractivity contribution in [2.45, 2.75) is 33.3 Å². The molecule has 1 unspecified atom stereocenters. The zero-order valence-electron chi connectivity index (χ0n) is 18.4. The summed E-state index contributed by atoms with van der Waals surface area (Å²) in [7, 11) is -4.26. The second-order valence-electron chi connectivity index (χ2n) is 7.60. The first kappa shape index (κ1) is 23.6.